The van der Waals surface area contributed by atoms with Gasteiger partial charge in [-0.2, -0.15) is 12.6 Å². The van der Waals surface area contributed by atoms with Crippen molar-refractivity contribution >= 4 is 29.9 Å². The van der Waals surface area contributed by atoms with Crippen molar-refractivity contribution in [2.45, 2.75) is 19.3 Å². The second-order valence-electron chi connectivity index (χ2n) is 4.58. The summed E-state index contributed by atoms with van der Waals surface area (Å²) in [6, 6.07) is 4.70. The van der Waals surface area contributed by atoms with E-state index in [2.05, 4.69) is 12.6 Å². The van der Waals surface area contributed by atoms with Crippen molar-refractivity contribution in [3.63, 3.8) is 0 Å². The molecule has 0 atom stereocenters. The fraction of sp³-hybridized carbons (Fsp3) is 0.357. The van der Waals surface area contributed by atoms with Gasteiger partial charge < -0.3 is 4.90 Å². The number of aryl methyl sites for hydroxylation is 1. The third-order valence-corrected chi connectivity index (χ3v) is 3.47. The molecule has 0 radical (unpaired) electrons. The van der Waals surface area contributed by atoms with Gasteiger partial charge in [0.1, 0.15) is 0 Å². The van der Waals surface area contributed by atoms with Crippen molar-refractivity contribution in [2.24, 2.45) is 0 Å². The van der Waals surface area contributed by atoms with Crippen LogP contribution in [0, 0.1) is 10.1 Å². The van der Waals surface area contributed by atoms with Crippen molar-refractivity contribution < 1.29 is 9.72 Å². The minimum atomic E-state index is -0.405. The van der Waals surface area contributed by atoms with Crippen LogP contribution in [0.4, 0.5) is 11.4 Å². The monoisotopic (exact) mass is 292 g/mol. The van der Waals surface area contributed by atoms with Gasteiger partial charge in [-0.05, 0) is 24.5 Å². The van der Waals surface area contributed by atoms with E-state index in [-0.39, 0.29) is 11.6 Å². The van der Waals surface area contributed by atoms with E-state index in [0.29, 0.717) is 25.1 Å². The molecule has 0 saturated carbocycles. The molecule has 0 saturated heterocycles. The second kappa shape index (κ2) is 6.56. The Kier molecular flexibility index (Phi) is 4.79. The SMILES string of the molecule is O=C1CCCc2cc([N+](=O)[O-])ccc2N1C/C=C/CS. The molecule has 0 aromatic heterocycles. The van der Waals surface area contributed by atoms with Gasteiger partial charge in [0, 0.05) is 36.5 Å². The first kappa shape index (κ1) is 14.6. The number of nitrogens with zero attached hydrogens (tertiary/aromatic N) is 2. The summed E-state index contributed by atoms with van der Waals surface area (Å²) in [7, 11) is 0. The Morgan fingerprint density at radius 3 is 2.85 bits per heavy atom. The summed E-state index contributed by atoms with van der Waals surface area (Å²) in [6.07, 6.45) is 5.65. The number of amides is 1. The molecule has 1 aromatic rings. The molecule has 0 spiro atoms. The van der Waals surface area contributed by atoms with E-state index in [1.807, 2.05) is 12.2 Å². The van der Waals surface area contributed by atoms with Crippen molar-refractivity contribution in [1.29, 1.82) is 0 Å². The van der Waals surface area contributed by atoms with Crippen LogP contribution in [0.15, 0.2) is 30.4 Å². The number of hydrogen-bond donors (Lipinski definition) is 1. The first-order valence-electron chi connectivity index (χ1n) is 6.47. The highest BCUT2D eigenvalue weighted by molar-refractivity contribution is 7.80. The molecule has 1 aliphatic heterocycles. The Labute approximate surface area is 122 Å². The number of hydrogen-bond acceptors (Lipinski definition) is 4. The maximum absolute atomic E-state index is 12.1. The quantitative estimate of drug-likeness (QED) is 0.402. The molecule has 1 aromatic carbocycles. The number of fused-ring (bicyclic) bond motifs is 1. The van der Waals surface area contributed by atoms with Gasteiger partial charge in [-0.25, -0.2) is 0 Å². The second-order valence-corrected chi connectivity index (χ2v) is 4.95. The fourth-order valence-corrected chi connectivity index (χ4v) is 2.45. The number of carbonyl (C=O) groups excluding carboxylic acids is 1. The molecule has 0 bridgehead atoms. The molecule has 106 valence electrons. The summed E-state index contributed by atoms with van der Waals surface area (Å²) >= 11 is 4.09. The average Bonchev–Trinajstić information content (AvgIpc) is 2.58. The topological polar surface area (TPSA) is 63.4 Å². The van der Waals surface area contributed by atoms with Gasteiger partial charge in [-0.15, -0.1) is 0 Å². The number of benzene rings is 1. The zero-order valence-corrected chi connectivity index (χ0v) is 11.9. The van der Waals surface area contributed by atoms with Crippen molar-refractivity contribution in [1.82, 2.24) is 0 Å². The number of non-ortho nitro benzene ring substituents is 1. The van der Waals surface area contributed by atoms with Crippen molar-refractivity contribution in [3.05, 3.63) is 46.0 Å². The van der Waals surface area contributed by atoms with E-state index in [4.69, 9.17) is 0 Å². The summed E-state index contributed by atoms with van der Waals surface area (Å²) in [5.41, 5.74) is 1.72. The van der Waals surface area contributed by atoms with Crippen LogP contribution in [-0.4, -0.2) is 23.1 Å². The molecule has 5 nitrogen and oxygen atoms in total. The maximum Gasteiger partial charge on any atom is 0.269 e. The molecule has 1 heterocycles. The number of carbonyl (C=O) groups is 1. The fourth-order valence-electron chi connectivity index (χ4n) is 2.30. The van der Waals surface area contributed by atoms with E-state index >= 15 is 0 Å². The van der Waals surface area contributed by atoms with Gasteiger partial charge >= 0.3 is 0 Å². The van der Waals surface area contributed by atoms with Gasteiger partial charge in [0.25, 0.3) is 5.69 Å². The van der Waals surface area contributed by atoms with Crippen LogP contribution >= 0.6 is 12.6 Å². The maximum atomic E-state index is 12.1. The Bertz CT molecular complexity index is 557. The van der Waals surface area contributed by atoms with Crippen LogP contribution in [0.2, 0.25) is 0 Å². The van der Waals surface area contributed by atoms with Gasteiger partial charge in [0.2, 0.25) is 5.91 Å². The summed E-state index contributed by atoms with van der Waals surface area (Å²) in [5.74, 6) is 0.677. The molecule has 0 N–H and O–H groups in total. The van der Waals surface area contributed by atoms with Crippen molar-refractivity contribution in [2.75, 3.05) is 17.2 Å². The highest BCUT2D eigenvalue weighted by Crippen LogP contribution is 2.30. The molecular weight excluding hydrogens is 276 g/mol. The lowest BCUT2D eigenvalue weighted by atomic mass is 10.1. The summed E-state index contributed by atoms with van der Waals surface area (Å²) in [6.45, 7) is 0.476. The summed E-state index contributed by atoms with van der Waals surface area (Å²) in [5, 5.41) is 10.8. The molecule has 0 unspecified atom stereocenters. The zero-order chi connectivity index (χ0) is 14.5. The van der Waals surface area contributed by atoms with E-state index < -0.39 is 4.92 Å². The van der Waals surface area contributed by atoms with Crippen LogP contribution in [0.25, 0.3) is 0 Å². The average molecular weight is 292 g/mol. The lowest BCUT2D eigenvalue weighted by Crippen LogP contribution is -2.30. The van der Waals surface area contributed by atoms with Gasteiger partial charge in [-0.1, -0.05) is 12.2 Å². The van der Waals surface area contributed by atoms with Crippen LogP contribution < -0.4 is 4.90 Å². The van der Waals surface area contributed by atoms with E-state index in [0.717, 1.165) is 17.7 Å². The highest BCUT2D eigenvalue weighted by atomic mass is 32.1. The van der Waals surface area contributed by atoms with Crippen LogP contribution in [-0.2, 0) is 11.2 Å². The molecule has 0 fully saturated rings. The standard InChI is InChI=1S/C14H16N2O3S/c17-14-5-3-4-11-10-12(16(18)19)6-7-13(11)15(14)8-1-2-9-20/h1-2,6-7,10,20H,3-5,8-9H2/b2-1+. The predicted octanol–water partition coefficient (Wildman–Crippen LogP) is 2.75. The Hall–Kier alpha value is -1.82. The first-order valence-corrected chi connectivity index (χ1v) is 7.10. The van der Waals surface area contributed by atoms with Crippen molar-refractivity contribution in [3.8, 4) is 0 Å². The Morgan fingerprint density at radius 1 is 1.35 bits per heavy atom. The number of nitro benzene ring substituents is 1. The van der Waals surface area contributed by atoms with Gasteiger partial charge in [-0.3, -0.25) is 14.9 Å². The smallest absolute Gasteiger partial charge is 0.269 e. The minimum Gasteiger partial charge on any atom is -0.308 e. The third-order valence-electron chi connectivity index (χ3n) is 3.26. The highest BCUT2D eigenvalue weighted by Gasteiger charge is 2.22. The van der Waals surface area contributed by atoms with Crippen LogP contribution in [0.5, 0.6) is 0 Å². The van der Waals surface area contributed by atoms with E-state index in [9.17, 15) is 14.9 Å². The zero-order valence-electron chi connectivity index (χ0n) is 11.0. The van der Waals surface area contributed by atoms with E-state index in [1.165, 1.54) is 6.07 Å². The number of rotatable bonds is 4. The van der Waals surface area contributed by atoms with Gasteiger partial charge in [0.15, 0.2) is 0 Å². The molecule has 1 amide bonds. The number of nitro groups is 1. The minimum absolute atomic E-state index is 0.0569. The first-order chi connectivity index (χ1) is 9.63. The normalized spacial score (nSPS) is 15.2. The lowest BCUT2D eigenvalue weighted by molar-refractivity contribution is -0.384. The van der Waals surface area contributed by atoms with Crippen LogP contribution in [0.3, 0.4) is 0 Å². The molecule has 6 heteroatoms. The Balaban J connectivity index is 2.36. The predicted molar refractivity (Wildman–Crippen MR) is 81.4 cm³/mol. The lowest BCUT2D eigenvalue weighted by Gasteiger charge is -2.21. The number of thiol groups is 1. The molecule has 2 rings (SSSR count). The third kappa shape index (κ3) is 3.19. The van der Waals surface area contributed by atoms with Gasteiger partial charge in [0.05, 0.1) is 4.92 Å². The largest absolute Gasteiger partial charge is 0.308 e. The summed E-state index contributed by atoms with van der Waals surface area (Å²) in [4.78, 5) is 24.2. The molecule has 20 heavy (non-hydrogen) atoms. The molecular formula is C14H16N2O3S. The van der Waals surface area contributed by atoms with Crippen LogP contribution in [0.1, 0.15) is 18.4 Å². The molecule has 0 aliphatic carbocycles. The molecule has 1 aliphatic rings. The Morgan fingerprint density at radius 2 is 2.15 bits per heavy atom. The van der Waals surface area contributed by atoms with E-state index in [1.54, 1.807) is 17.0 Å². The summed E-state index contributed by atoms with van der Waals surface area (Å²) < 4.78 is 0. The number of anilines is 1.